The van der Waals surface area contributed by atoms with Crippen molar-refractivity contribution < 1.29 is 8.42 Å². The van der Waals surface area contributed by atoms with Gasteiger partial charge in [0.1, 0.15) is 6.33 Å². The van der Waals surface area contributed by atoms with E-state index in [0.29, 0.717) is 17.8 Å². The van der Waals surface area contributed by atoms with Crippen LogP contribution in [-0.2, 0) is 28.9 Å². The number of hydrogen-bond donors (Lipinski definition) is 2. The lowest BCUT2D eigenvalue weighted by atomic mass is 10.1. The van der Waals surface area contributed by atoms with Crippen molar-refractivity contribution in [3.8, 4) is 0 Å². The number of nitrogens with two attached hydrogens (primary N) is 1. The maximum absolute atomic E-state index is 12.0. The van der Waals surface area contributed by atoms with Crippen LogP contribution in [0.15, 0.2) is 42.9 Å². The van der Waals surface area contributed by atoms with Gasteiger partial charge in [-0.1, -0.05) is 24.3 Å². The lowest BCUT2D eigenvalue weighted by Gasteiger charge is -2.07. The first-order chi connectivity index (χ1) is 9.59. The van der Waals surface area contributed by atoms with E-state index in [0.717, 1.165) is 5.56 Å². The van der Waals surface area contributed by atoms with Gasteiger partial charge < -0.3 is 5.73 Å². The van der Waals surface area contributed by atoms with Gasteiger partial charge in [-0.15, -0.1) is 0 Å². The Hall–Kier alpha value is -1.83. The van der Waals surface area contributed by atoms with E-state index in [4.69, 9.17) is 5.73 Å². The molecule has 2 rings (SSSR count). The second kappa shape index (κ2) is 6.56. The monoisotopic (exact) mass is 292 g/mol. The Labute approximate surface area is 118 Å². The third-order valence-electron chi connectivity index (χ3n) is 2.70. The summed E-state index contributed by atoms with van der Waals surface area (Å²) in [5, 5.41) is 0. The van der Waals surface area contributed by atoms with Gasteiger partial charge in [0.25, 0.3) is 0 Å². The first-order valence-electron chi connectivity index (χ1n) is 6.09. The molecule has 3 N–H and O–H groups in total. The molecule has 1 heterocycles. The molecule has 0 fully saturated rings. The van der Waals surface area contributed by atoms with Gasteiger partial charge in [0, 0.05) is 12.7 Å². The fourth-order valence-corrected chi connectivity index (χ4v) is 2.81. The van der Waals surface area contributed by atoms with E-state index in [1.54, 1.807) is 30.5 Å². The number of sulfonamides is 1. The van der Waals surface area contributed by atoms with E-state index < -0.39 is 10.0 Å². The topological polar surface area (TPSA) is 98.0 Å². The van der Waals surface area contributed by atoms with Crippen LogP contribution in [0.2, 0.25) is 0 Å². The molecule has 2 aromatic rings. The van der Waals surface area contributed by atoms with Crippen LogP contribution in [0.4, 0.5) is 0 Å². The molecule has 0 saturated carbocycles. The first kappa shape index (κ1) is 14.6. The van der Waals surface area contributed by atoms with Crippen molar-refractivity contribution in [1.82, 2.24) is 14.7 Å². The highest BCUT2D eigenvalue weighted by molar-refractivity contribution is 7.88. The smallest absolute Gasteiger partial charge is 0.216 e. The van der Waals surface area contributed by atoms with Gasteiger partial charge in [-0.25, -0.2) is 23.1 Å². The molecule has 0 aliphatic carbocycles. The molecule has 0 saturated heterocycles. The van der Waals surface area contributed by atoms with Crippen molar-refractivity contribution in [3.63, 3.8) is 0 Å². The molecule has 0 aliphatic heterocycles. The highest BCUT2D eigenvalue weighted by Gasteiger charge is 2.11. The zero-order valence-corrected chi connectivity index (χ0v) is 11.7. The minimum Gasteiger partial charge on any atom is -0.326 e. The highest BCUT2D eigenvalue weighted by Crippen LogP contribution is 2.08. The molecular formula is C13H16N4O2S. The van der Waals surface area contributed by atoms with Gasteiger partial charge in [0.05, 0.1) is 18.0 Å². The fourth-order valence-electron chi connectivity index (χ4n) is 1.72. The summed E-state index contributed by atoms with van der Waals surface area (Å²) in [7, 11) is -3.41. The van der Waals surface area contributed by atoms with Crippen molar-refractivity contribution in [2.24, 2.45) is 5.73 Å². The Morgan fingerprint density at radius 1 is 1.20 bits per heavy atom. The summed E-state index contributed by atoms with van der Waals surface area (Å²) in [5.41, 5.74) is 7.78. The van der Waals surface area contributed by atoms with Crippen LogP contribution in [-0.4, -0.2) is 18.4 Å². The lowest BCUT2D eigenvalue weighted by Crippen LogP contribution is -2.25. The number of nitrogens with one attached hydrogen (secondary N) is 1. The molecule has 0 spiro atoms. The van der Waals surface area contributed by atoms with Crippen molar-refractivity contribution >= 4 is 10.0 Å². The van der Waals surface area contributed by atoms with Crippen molar-refractivity contribution in [1.29, 1.82) is 0 Å². The van der Waals surface area contributed by atoms with Crippen molar-refractivity contribution in [3.05, 3.63) is 59.7 Å². The molecule has 0 radical (unpaired) electrons. The summed E-state index contributed by atoms with van der Waals surface area (Å²) < 4.78 is 26.5. The van der Waals surface area contributed by atoms with Crippen LogP contribution in [0.25, 0.3) is 0 Å². The van der Waals surface area contributed by atoms with Crippen LogP contribution in [0.5, 0.6) is 0 Å². The van der Waals surface area contributed by atoms with E-state index in [1.807, 2.05) is 6.07 Å². The molecule has 0 amide bonds. The second-order valence-electron chi connectivity index (χ2n) is 4.30. The van der Waals surface area contributed by atoms with Crippen LogP contribution >= 0.6 is 0 Å². The molecule has 6 nitrogen and oxygen atoms in total. The predicted molar refractivity (Wildman–Crippen MR) is 75.8 cm³/mol. The van der Waals surface area contributed by atoms with Crippen LogP contribution in [0, 0.1) is 0 Å². The van der Waals surface area contributed by atoms with Gasteiger partial charge in [-0.2, -0.15) is 0 Å². The summed E-state index contributed by atoms with van der Waals surface area (Å²) in [6.07, 6.45) is 2.95. The zero-order chi connectivity index (χ0) is 14.4. The number of aromatic nitrogens is 2. The molecular weight excluding hydrogens is 276 g/mol. The minimum absolute atomic E-state index is 0.0775. The van der Waals surface area contributed by atoms with Crippen molar-refractivity contribution in [2.75, 3.05) is 0 Å². The molecule has 106 valence electrons. The SMILES string of the molecule is NCc1cccc(CS(=O)(=O)NCc2ccncn2)c1. The summed E-state index contributed by atoms with van der Waals surface area (Å²) in [6, 6.07) is 8.90. The summed E-state index contributed by atoms with van der Waals surface area (Å²) >= 11 is 0. The van der Waals surface area contributed by atoms with Gasteiger partial charge in [-0.05, 0) is 17.2 Å². The van der Waals surface area contributed by atoms with Crippen molar-refractivity contribution in [2.45, 2.75) is 18.8 Å². The summed E-state index contributed by atoms with van der Waals surface area (Å²) in [6.45, 7) is 0.545. The Kier molecular flexibility index (Phi) is 4.78. The van der Waals surface area contributed by atoms with Gasteiger partial charge in [0.15, 0.2) is 0 Å². The largest absolute Gasteiger partial charge is 0.326 e. The molecule has 1 aromatic heterocycles. The van der Waals surface area contributed by atoms with Crippen LogP contribution in [0.1, 0.15) is 16.8 Å². The molecule has 0 aliphatic rings. The van der Waals surface area contributed by atoms with Gasteiger partial charge in [-0.3, -0.25) is 0 Å². The van der Waals surface area contributed by atoms with E-state index in [9.17, 15) is 8.42 Å². The Bertz CT molecular complexity index is 659. The van der Waals surface area contributed by atoms with E-state index >= 15 is 0 Å². The summed E-state index contributed by atoms with van der Waals surface area (Å²) in [4.78, 5) is 7.74. The maximum atomic E-state index is 12.0. The minimum atomic E-state index is -3.41. The second-order valence-corrected chi connectivity index (χ2v) is 6.11. The molecule has 0 unspecified atom stereocenters. The third-order valence-corrected chi connectivity index (χ3v) is 4.00. The van der Waals surface area contributed by atoms with E-state index in [-0.39, 0.29) is 12.3 Å². The Morgan fingerprint density at radius 3 is 2.70 bits per heavy atom. The molecule has 0 bridgehead atoms. The third kappa shape index (κ3) is 4.37. The predicted octanol–water partition coefficient (Wildman–Crippen LogP) is 0.555. The molecule has 0 atom stereocenters. The number of benzene rings is 1. The van der Waals surface area contributed by atoms with Crippen LogP contribution in [0.3, 0.4) is 0 Å². The van der Waals surface area contributed by atoms with Gasteiger partial charge in [0.2, 0.25) is 10.0 Å². The van der Waals surface area contributed by atoms with Gasteiger partial charge >= 0.3 is 0 Å². The average molecular weight is 292 g/mol. The quantitative estimate of drug-likeness (QED) is 0.810. The number of nitrogens with zero attached hydrogens (tertiary/aromatic N) is 2. The van der Waals surface area contributed by atoms with E-state index in [1.165, 1.54) is 6.33 Å². The van der Waals surface area contributed by atoms with E-state index in [2.05, 4.69) is 14.7 Å². The highest BCUT2D eigenvalue weighted by atomic mass is 32.2. The molecule has 7 heteroatoms. The average Bonchev–Trinajstić information content (AvgIpc) is 2.46. The normalized spacial score (nSPS) is 11.4. The standard InChI is InChI=1S/C13H16N4O2S/c14-7-11-2-1-3-12(6-11)9-20(18,19)17-8-13-4-5-15-10-16-13/h1-6,10,17H,7-9,14H2. The Morgan fingerprint density at radius 2 is 2.00 bits per heavy atom. The molecule has 20 heavy (non-hydrogen) atoms. The number of rotatable bonds is 6. The van der Waals surface area contributed by atoms with Crippen LogP contribution < -0.4 is 10.5 Å². The summed E-state index contributed by atoms with van der Waals surface area (Å²) in [5.74, 6) is -0.0775. The molecule has 1 aromatic carbocycles. The fraction of sp³-hybridized carbons (Fsp3) is 0.231. The lowest BCUT2D eigenvalue weighted by molar-refractivity contribution is 0.579. The first-order valence-corrected chi connectivity index (χ1v) is 7.74. The zero-order valence-electron chi connectivity index (χ0n) is 10.9. The maximum Gasteiger partial charge on any atom is 0.216 e. The Balaban J connectivity index is 2.00. The number of hydrogen-bond acceptors (Lipinski definition) is 5.